The number of benzene rings is 1. The molecule has 1 aromatic carbocycles. The number of hydrogen-bond acceptors (Lipinski definition) is 4. The second-order valence-electron chi connectivity index (χ2n) is 4.27. The number of rotatable bonds is 2. The summed E-state index contributed by atoms with van der Waals surface area (Å²) in [6.45, 7) is 0. The number of carbonyl (C=O) groups is 2. The van der Waals surface area contributed by atoms with Crippen LogP contribution >= 0.6 is 23.1 Å². The number of carbonyl (C=O) groups excluding carboxylic acids is 1. The fourth-order valence-corrected chi connectivity index (χ4v) is 4.23. The zero-order valence-electron chi connectivity index (χ0n) is 9.91. The zero-order valence-corrected chi connectivity index (χ0v) is 11.5. The molecular formula is C13H11NO3S2. The van der Waals surface area contributed by atoms with E-state index in [0.717, 1.165) is 10.1 Å². The summed E-state index contributed by atoms with van der Waals surface area (Å²) in [4.78, 5) is 25.1. The van der Waals surface area contributed by atoms with Gasteiger partial charge >= 0.3 is 5.97 Å². The molecule has 1 atom stereocenters. The Labute approximate surface area is 118 Å². The largest absolute Gasteiger partial charge is 0.480 e. The van der Waals surface area contributed by atoms with Crippen molar-refractivity contribution >= 4 is 45.1 Å². The van der Waals surface area contributed by atoms with Crippen molar-refractivity contribution in [1.82, 2.24) is 4.90 Å². The molecule has 0 unspecified atom stereocenters. The Morgan fingerprint density at radius 1 is 1.32 bits per heavy atom. The SMILES string of the molecule is O=C(O)[C@@H]1CSCN1C(=O)c1csc2ccccc12. The molecule has 6 heteroatoms. The Kier molecular flexibility index (Phi) is 3.20. The van der Waals surface area contributed by atoms with Crippen LogP contribution in [0.4, 0.5) is 0 Å². The van der Waals surface area contributed by atoms with Gasteiger partial charge in [0, 0.05) is 21.2 Å². The first-order valence-electron chi connectivity index (χ1n) is 5.76. The molecule has 0 saturated carbocycles. The van der Waals surface area contributed by atoms with E-state index >= 15 is 0 Å². The standard InChI is InChI=1S/C13H11NO3S2/c15-12(14-7-18-6-10(14)13(16)17)9-5-19-11-4-2-1-3-8(9)11/h1-5,10H,6-7H2,(H,16,17)/t10-/m0/s1. The van der Waals surface area contributed by atoms with Gasteiger partial charge in [0.15, 0.2) is 0 Å². The van der Waals surface area contributed by atoms with Crippen LogP contribution in [0.25, 0.3) is 10.1 Å². The van der Waals surface area contributed by atoms with Gasteiger partial charge in [-0.1, -0.05) is 18.2 Å². The van der Waals surface area contributed by atoms with Crippen LogP contribution in [0, 0.1) is 0 Å². The number of thioether (sulfide) groups is 1. The highest BCUT2D eigenvalue weighted by atomic mass is 32.2. The van der Waals surface area contributed by atoms with Crippen molar-refractivity contribution < 1.29 is 14.7 Å². The first-order valence-corrected chi connectivity index (χ1v) is 7.79. The molecule has 1 aromatic heterocycles. The minimum Gasteiger partial charge on any atom is -0.480 e. The van der Waals surface area contributed by atoms with Crippen LogP contribution in [0.1, 0.15) is 10.4 Å². The molecule has 1 fully saturated rings. The first kappa shape index (κ1) is 12.5. The predicted molar refractivity (Wildman–Crippen MR) is 76.7 cm³/mol. The molecule has 1 saturated heterocycles. The van der Waals surface area contributed by atoms with Crippen molar-refractivity contribution in [1.29, 1.82) is 0 Å². The Balaban J connectivity index is 1.98. The monoisotopic (exact) mass is 293 g/mol. The molecule has 3 rings (SSSR count). The summed E-state index contributed by atoms with van der Waals surface area (Å²) < 4.78 is 1.05. The molecule has 98 valence electrons. The molecule has 1 amide bonds. The maximum absolute atomic E-state index is 12.5. The van der Waals surface area contributed by atoms with Gasteiger partial charge in [-0.15, -0.1) is 23.1 Å². The van der Waals surface area contributed by atoms with Crippen LogP contribution in [0.3, 0.4) is 0 Å². The Morgan fingerprint density at radius 3 is 2.89 bits per heavy atom. The van der Waals surface area contributed by atoms with E-state index < -0.39 is 12.0 Å². The quantitative estimate of drug-likeness (QED) is 0.924. The zero-order chi connectivity index (χ0) is 13.4. The average molecular weight is 293 g/mol. The summed E-state index contributed by atoms with van der Waals surface area (Å²) in [6.07, 6.45) is 0. The van der Waals surface area contributed by atoms with E-state index in [1.165, 1.54) is 28.0 Å². The van der Waals surface area contributed by atoms with Crippen LogP contribution < -0.4 is 0 Å². The molecule has 2 aromatic rings. The van der Waals surface area contributed by atoms with E-state index in [4.69, 9.17) is 5.11 Å². The summed E-state index contributed by atoms with van der Waals surface area (Å²) in [5.41, 5.74) is 0.606. The molecular weight excluding hydrogens is 282 g/mol. The summed E-state index contributed by atoms with van der Waals surface area (Å²) in [7, 11) is 0. The van der Waals surface area contributed by atoms with Gasteiger partial charge in [0.25, 0.3) is 5.91 Å². The predicted octanol–water partition coefficient (Wildman–Crippen LogP) is 2.50. The van der Waals surface area contributed by atoms with Crippen molar-refractivity contribution in [3.8, 4) is 0 Å². The van der Waals surface area contributed by atoms with E-state index in [1.54, 1.807) is 0 Å². The number of carboxylic acids is 1. The molecule has 1 N–H and O–H groups in total. The van der Waals surface area contributed by atoms with Crippen LogP contribution in [-0.4, -0.2) is 39.6 Å². The minimum atomic E-state index is -0.933. The van der Waals surface area contributed by atoms with Crippen molar-refractivity contribution in [2.24, 2.45) is 0 Å². The van der Waals surface area contributed by atoms with Gasteiger partial charge in [-0.3, -0.25) is 4.79 Å². The Morgan fingerprint density at radius 2 is 2.11 bits per heavy atom. The number of nitrogens with zero attached hydrogens (tertiary/aromatic N) is 1. The van der Waals surface area contributed by atoms with Gasteiger partial charge in [0.2, 0.25) is 0 Å². The van der Waals surface area contributed by atoms with Gasteiger partial charge in [-0.05, 0) is 6.07 Å². The normalized spacial score (nSPS) is 18.9. The average Bonchev–Trinajstić information content (AvgIpc) is 3.05. The number of fused-ring (bicyclic) bond motifs is 1. The maximum Gasteiger partial charge on any atom is 0.327 e. The lowest BCUT2D eigenvalue weighted by Gasteiger charge is -2.20. The highest BCUT2D eigenvalue weighted by molar-refractivity contribution is 7.99. The van der Waals surface area contributed by atoms with Gasteiger partial charge in [0.05, 0.1) is 11.4 Å². The third kappa shape index (κ3) is 2.11. The molecule has 1 aliphatic heterocycles. The van der Waals surface area contributed by atoms with Crippen molar-refractivity contribution in [2.75, 3.05) is 11.6 Å². The van der Waals surface area contributed by atoms with Gasteiger partial charge in [0.1, 0.15) is 6.04 Å². The smallest absolute Gasteiger partial charge is 0.327 e. The number of hydrogen-bond donors (Lipinski definition) is 1. The summed E-state index contributed by atoms with van der Waals surface area (Å²) in [5, 5.41) is 11.9. The highest BCUT2D eigenvalue weighted by Crippen LogP contribution is 2.30. The lowest BCUT2D eigenvalue weighted by atomic mass is 10.1. The molecule has 1 aliphatic rings. The van der Waals surface area contributed by atoms with Crippen molar-refractivity contribution in [3.05, 3.63) is 35.2 Å². The van der Waals surface area contributed by atoms with Crippen LogP contribution in [-0.2, 0) is 4.79 Å². The Bertz CT molecular complexity index is 652. The summed E-state index contributed by atoms with van der Waals surface area (Å²) in [6, 6.07) is 6.97. The van der Waals surface area contributed by atoms with Crippen molar-refractivity contribution in [3.63, 3.8) is 0 Å². The molecule has 19 heavy (non-hydrogen) atoms. The molecule has 0 radical (unpaired) electrons. The maximum atomic E-state index is 12.5. The third-order valence-corrected chi connectivity index (χ3v) is 5.12. The molecule has 2 heterocycles. The molecule has 0 bridgehead atoms. The van der Waals surface area contributed by atoms with E-state index in [2.05, 4.69) is 0 Å². The van der Waals surface area contributed by atoms with Crippen LogP contribution in [0.5, 0.6) is 0 Å². The molecule has 0 aliphatic carbocycles. The number of amides is 1. The van der Waals surface area contributed by atoms with E-state index in [-0.39, 0.29) is 5.91 Å². The Hall–Kier alpha value is -1.53. The number of aliphatic carboxylic acids is 1. The fourth-order valence-electron chi connectivity index (χ4n) is 2.15. The molecule has 0 spiro atoms. The van der Waals surface area contributed by atoms with Gasteiger partial charge in [-0.25, -0.2) is 4.79 Å². The summed E-state index contributed by atoms with van der Waals surface area (Å²) in [5.74, 6) is -0.212. The van der Waals surface area contributed by atoms with Gasteiger partial charge < -0.3 is 10.0 Å². The molecule has 4 nitrogen and oxygen atoms in total. The van der Waals surface area contributed by atoms with E-state index in [0.29, 0.717) is 17.2 Å². The van der Waals surface area contributed by atoms with Gasteiger partial charge in [-0.2, -0.15) is 0 Å². The third-order valence-electron chi connectivity index (χ3n) is 3.14. The fraction of sp³-hybridized carbons (Fsp3) is 0.231. The number of thiophene rings is 1. The summed E-state index contributed by atoms with van der Waals surface area (Å²) >= 11 is 2.99. The van der Waals surface area contributed by atoms with E-state index in [1.807, 2.05) is 29.6 Å². The lowest BCUT2D eigenvalue weighted by molar-refractivity contribution is -0.140. The topological polar surface area (TPSA) is 57.6 Å². The number of carboxylic acid groups (broad SMARTS) is 1. The highest BCUT2D eigenvalue weighted by Gasteiger charge is 2.35. The lowest BCUT2D eigenvalue weighted by Crippen LogP contribution is -2.41. The van der Waals surface area contributed by atoms with E-state index in [9.17, 15) is 9.59 Å². The minimum absolute atomic E-state index is 0.185. The second-order valence-corrected chi connectivity index (χ2v) is 6.19. The van der Waals surface area contributed by atoms with Crippen LogP contribution in [0.15, 0.2) is 29.6 Å². The first-order chi connectivity index (χ1) is 9.18. The van der Waals surface area contributed by atoms with Crippen molar-refractivity contribution in [2.45, 2.75) is 6.04 Å². The van der Waals surface area contributed by atoms with Crippen LogP contribution in [0.2, 0.25) is 0 Å². The second kappa shape index (κ2) is 4.86.